The number of carbonyl (C=O) groups excluding carboxylic acids is 1. The van der Waals surface area contributed by atoms with Gasteiger partial charge in [0.2, 0.25) is 5.89 Å². The van der Waals surface area contributed by atoms with Crippen LogP contribution in [0, 0.1) is 18.6 Å². The number of benzene rings is 2. The maximum Gasteiger partial charge on any atom is 0.279 e. The van der Waals surface area contributed by atoms with Crippen LogP contribution < -0.4 is 5.32 Å². The van der Waals surface area contributed by atoms with Crippen LogP contribution in [0.4, 0.5) is 13.9 Å². The van der Waals surface area contributed by atoms with Crippen LogP contribution in [0.1, 0.15) is 16.2 Å². The second kappa shape index (κ2) is 6.30. The highest BCUT2D eigenvalue weighted by Gasteiger charge is 2.19. The Balaban J connectivity index is 1.62. The summed E-state index contributed by atoms with van der Waals surface area (Å²) in [6, 6.07) is 11.2. The van der Waals surface area contributed by atoms with Gasteiger partial charge in [-0.15, -0.1) is 0 Å². The molecule has 0 unspecified atom stereocenters. The highest BCUT2D eigenvalue weighted by Crippen LogP contribution is 2.28. The fraction of sp³-hybridized carbons (Fsp3) is 0.0556. The van der Waals surface area contributed by atoms with E-state index in [1.165, 1.54) is 0 Å². The van der Waals surface area contributed by atoms with Gasteiger partial charge in [-0.25, -0.2) is 18.7 Å². The Morgan fingerprint density at radius 3 is 2.62 bits per heavy atom. The molecule has 0 saturated heterocycles. The van der Waals surface area contributed by atoms with Crippen molar-refractivity contribution in [3.63, 3.8) is 0 Å². The van der Waals surface area contributed by atoms with Gasteiger partial charge in [0.15, 0.2) is 22.5 Å². The number of fused-ring (bicyclic) bond motifs is 1. The summed E-state index contributed by atoms with van der Waals surface area (Å²) in [5.41, 5.74) is 1.15. The molecule has 26 heavy (non-hydrogen) atoms. The number of halogens is 2. The Hall–Kier alpha value is -3.13. The topological polar surface area (TPSA) is 68.0 Å². The fourth-order valence-corrected chi connectivity index (χ4v) is 3.31. The molecule has 1 amide bonds. The summed E-state index contributed by atoms with van der Waals surface area (Å²) >= 11 is 1.04. The molecule has 8 heteroatoms. The molecule has 0 saturated carbocycles. The normalized spacial score (nSPS) is 11.0. The van der Waals surface area contributed by atoms with Gasteiger partial charge >= 0.3 is 0 Å². The molecule has 2 aromatic heterocycles. The summed E-state index contributed by atoms with van der Waals surface area (Å²) in [6.07, 6.45) is 0. The second-order valence-corrected chi connectivity index (χ2v) is 6.53. The minimum atomic E-state index is -0.986. The van der Waals surface area contributed by atoms with Gasteiger partial charge in [0, 0.05) is 11.6 Å². The molecule has 130 valence electrons. The molecule has 4 aromatic rings. The standard InChI is InChI=1S/C18H11F2N3O2S/c1-9-15(22-17(25-9)10-5-3-2-4-6-10)16(24)23-18-21-13-7-11(19)12(20)8-14(13)26-18/h2-8H,1H3,(H,21,23,24). The third-order valence-corrected chi connectivity index (χ3v) is 4.62. The average molecular weight is 371 g/mol. The number of thiazole rings is 1. The molecule has 0 radical (unpaired) electrons. The first-order chi connectivity index (χ1) is 12.5. The minimum absolute atomic E-state index is 0.125. The van der Waals surface area contributed by atoms with Crippen LogP contribution in [-0.4, -0.2) is 15.9 Å². The number of aryl methyl sites for hydroxylation is 1. The number of amides is 1. The number of oxazole rings is 1. The van der Waals surface area contributed by atoms with Crippen LogP contribution >= 0.6 is 11.3 Å². The van der Waals surface area contributed by atoms with Crippen LogP contribution in [0.5, 0.6) is 0 Å². The van der Waals surface area contributed by atoms with E-state index >= 15 is 0 Å². The van der Waals surface area contributed by atoms with Gasteiger partial charge in [-0.1, -0.05) is 29.5 Å². The lowest BCUT2D eigenvalue weighted by atomic mass is 10.2. The number of nitrogens with zero attached hydrogens (tertiary/aromatic N) is 2. The molecular weight excluding hydrogens is 360 g/mol. The number of carbonyl (C=O) groups is 1. The molecule has 5 nitrogen and oxygen atoms in total. The number of aromatic nitrogens is 2. The Bertz CT molecular complexity index is 1080. The van der Waals surface area contributed by atoms with Gasteiger partial charge in [0.05, 0.1) is 10.2 Å². The maximum atomic E-state index is 13.3. The lowest BCUT2D eigenvalue weighted by molar-refractivity contribution is 0.102. The van der Waals surface area contributed by atoms with E-state index in [1.807, 2.05) is 30.3 Å². The lowest BCUT2D eigenvalue weighted by Crippen LogP contribution is -2.13. The highest BCUT2D eigenvalue weighted by atomic mass is 32.1. The fourth-order valence-electron chi connectivity index (χ4n) is 2.44. The van der Waals surface area contributed by atoms with Crippen LogP contribution in [0.15, 0.2) is 46.9 Å². The molecule has 2 aromatic carbocycles. The molecule has 0 aliphatic heterocycles. The van der Waals surface area contributed by atoms with E-state index in [0.29, 0.717) is 16.4 Å². The zero-order valence-corrected chi connectivity index (χ0v) is 14.2. The molecule has 0 aliphatic carbocycles. The molecule has 0 aliphatic rings. The first kappa shape index (κ1) is 16.3. The molecular formula is C18H11F2N3O2S. The van der Waals surface area contributed by atoms with Crippen molar-refractivity contribution in [2.45, 2.75) is 6.92 Å². The number of anilines is 1. The predicted molar refractivity (Wildman–Crippen MR) is 94.2 cm³/mol. The molecule has 0 bridgehead atoms. The van der Waals surface area contributed by atoms with Crippen LogP contribution in [0.3, 0.4) is 0 Å². The largest absolute Gasteiger partial charge is 0.441 e. The van der Waals surface area contributed by atoms with Crippen molar-refractivity contribution in [2.75, 3.05) is 5.32 Å². The summed E-state index contributed by atoms with van der Waals surface area (Å²) in [5.74, 6) is -1.76. The Morgan fingerprint density at radius 2 is 1.85 bits per heavy atom. The number of rotatable bonds is 3. The van der Waals surface area contributed by atoms with Crippen molar-refractivity contribution in [3.8, 4) is 11.5 Å². The molecule has 0 spiro atoms. The van der Waals surface area contributed by atoms with E-state index in [9.17, 15) is 13.6 Å². The Morgan fingerprint density at radius 1 is 1.12 bits per heavy atom. The molecule has 2 heterocycles. The van der Waals surface area contributed by atoms with E-state index in [2.05, 4.69) is 15.3 Å². The van der Waals surface area contributed by atoms with E-state index in [4.69, 9.17) is 4.42 Å². The average Bonchev–Trinajstić information content (AvgIpc) is 3.19. The summed E-state index contributed by atoms with van der Waals surface area (Å²) in [7, 11) is 0. The summed E-state index contributed by atoms with van der Waals surface area (Å²) in [4.78, 5) is 20.8. The van der Waals surface area contributed by atoms with Gasteiger partial charge in [-0.3, -0.25) is 10.1 Å². The smallest absolute Gasteiger partial charge is 0.279 e. The van der Waals surface area contributed by atoms with Crippen molar-refractivity contribution < 1.29 is 18.0 Å². The number of hydrogen-bond donors (Lipinski definition) is 1. The van der Waals surface area contributed by atoms with Crippen LogP contribution in [0.25, 0.3) is 21.7 Å². The maximum absolute atomic E-state index is 13.3. The number of hydrogen-bond acceptors (Lipinski definition) is 5. The van der Waals surface area contributed by atoms with Gasteiger partial charge < -0.3 is 4.42 Å². The predicted octanol–water partition coefficient (Wildman–Crippen LogP) is 4.79. The van der Waals surface area contributed by atoms with E-state index in [0.717, 1.165) is 29.0 Å². The van der Waals surface area contributed by atoms with Gasteiger partial charge in [0.1, 0.15) is 5.76 Å². The third kappa shape index (κ3) is 2.95. The van der Waals surface area contributed by atoms with Gasteiger partial charge in [-0.2, -0.15) is 0 Å². The highest BCUT2D eigenvalue weighted by molar-refractivity contribution is 7.22. The Kier molecular flexibility index (Phi) is 3.96. The van der Waals surface area contributed by atoms with Gasteiger partial charge in [0.25, 0.3) is 5.91 Å². The van der Waals surface area contributed by atoms with Crippen molar-refractivity contribution in [2.24, 2.45) is 0 Å². The molecule has 0 atom stereocenters. The Labute approximate surface area is 150 Å². The molecule has 4 rings (SSSR count). The van der Waals surface area contributed by atoms with Crippen molar-refractivity contribution in [1.82, 2.24) is 9.97 Å². The summed E-state index contributed by atoms with van der Waals surface area (Å²) in [5, 5.41) is 2.81. The monoisotopic (exact) mass is 371 g/mol. The first-order valence-corrected chi connectivity index (χ1v) is 8.42. The molecule has 1 N–H and O–H groups in total. The third-order valence-electron chi connectivity index (χ3n) is 3.68. The zero-order valence-electron chi connectivity index (χ0n) is 13.4. The quantitative estimate of drug-likeness (QED) is 0.562. The van der Waals surface area contributed by atoms with E-state index in [1.54, 1.807) is 6.92 Å². The summed E-state index contributed by atoms with van der Waals surface area (Å²) < 4.78 is 32.6. The van der Waals surface area contributed by atoms with E-state index < -0.39 is 17.5 Å². The van der Waals surface area contributed by atoms with Crippen LogP contribution in [0.2, 0.25) is 0 Å². The van der Waals surface area contributed by atoms with E-state index in [-0.39, 0.29) is 16.3 Å². The van der Waals surface area contributed by atoms with Crippen molar-refractivity contribution >= 4 is 32.6 Å². The number of nitrogens with one attached hydrogen (secondary N) is 1. The van der Waals surface area contributed by atoms with Crippen molar-refractivity contribution in [3.05, 3.63) is 65.6 Å². The summed E-state index contributed by atoms with van der Waals surface area (Å²) in [6.45, 7) is 1.64. The van der Waals surface area contributed by atoms with Crippen LogP contribution in [-0.2, 0) is 0 Å². The van der Waals surface area contributed by atoms with Crippen molar-refractivity contribution in [1.29, 1.82) is 0 Å². The lowest BCUT2D eigenvalue weighted by Gasteiger charge is -1.97. The molecule has 0 fully saturated rings. The second-order valence-electron chi connectivity index (χ2n) is 5.50. The first-order valence-electron chi connectivity index (χ1n) is 7.61. The zero-order chi connectivity index (χ0) is 18.3. The van der Waals surface area contributed by atoms with Gasteiger partial charge in [-0.05, 0) is 25.1 Å². The minimum Gasteiger partial charge on any atom is -0.441 e. The SMILES string of the molecule is Cc1oc(-c2ccccc2)nc1C(=O)Nc1nc2cc(F)c(F)cc2s1.